The first-order chi connectivity index (χ1) is 19.8. The van der Waals surface area contributed by atoms with Crippen LogP contribution in [-0.4, -0.2) is 53.1 Å². The van der Waals surface area contributed by atoms with E-state index in [0.29, 0.717) is 34.7 Å². The number of benzene rings is 1. The van der Waals surface area contributed by atoms with Crippen LogP contribution in [0.2, 0.25) is 0 Å². The molecule has 1 aliphatic heterocycles. The van der Waals surface area contributed by atoms with Gasteiger partial charge < -0.3 is 18.9 Å². The van der Waals surface area contributed by atoms with Crippen molar-refractivity contribution in [3.8, 4) is 11.6 Å². The maximum Gasteiger partial charge on any atom is 0.356 e. The second-order valence-corrected chi connectivity index (χ2v) is 11.8. The van der Waals surface area contributed by atoms with Crippen molar-refractivity contribution in [3.05, 3.63) is 83.9 Å². The summed E-state index contributed by atoms with van der Waals surface area (Å²) in [5.74, 6) is 0.0241. The molecule has 3 aromatic heterocycles. The Balaban J connectivity index is 1.69. The molecule has 0 spiro atoms. The number of carbonyl (C=O) groups is 1. The zero-order valence-corrected chi connectivity index (χ0v) is 25.3. The predicted octanol–water partition coefficient (Wildman–Crippen LogP) is 4.80. The maximum absolute atomic E-state index is 14.2. The number of hydrogen-bond donors (Lipinski definition) is 0. The molecular weight excluding hydrogens is 614 g/mol. The van der Waals surface area contributed by atoms with Gasteiger partial charge in [-0.3, -0.25) is 9.36 Å². The molecule has 0 radical (unpaired) electrons. The number of aryl methyl sites for hydroxylation is 1. The van der Waals surface area contributed by atoms with Crippen molar-refractivity contribution < 1.29 is 23.7 Å². The van der Waals surface area contributed by atoms with Crippen LogP contribution in [0.3, 0.4) is 0 Å². The molecule has 10 nitrogen and oxygen atoms in total. The van der Waals surface area contributed by atoms with E-state index >= 15 is 0 Å². The lowest BCUT2D eigenvalue weighted by molar-refractivity contribution is -0.0752. The molecule has 0 aliphatic carbocycles. The second-order valence-electron chi connectivity index (χ2n) is 9.49. The van der Waals surface area contributed by atoms with Gasteiger partial charge in [0.2, 0.25) is 0 Å². The maximum atomic E-state index is 14.2. The zero-order valence-electron chi connectivity index (χ0n) is 22.9. The van der Waals surface area contributed by atoms with E-state index in [4.69, 9.17) is 18.9 Å². The molecule has 5 rings (SSSR count). The van der Waals surface area contributed by atoms with E-state index in [1.165, 1.54) is 23.5 Å². The number of hydrogen-bond acceptors (Lipinski definition) is 9. The number of rotatable bonds is 9. The number of pyridine rings is 1. The van der Waals surface area contributed by atoms with E-state index in [1.807, 2.05) is 31.2 Å². The van der Waals surface area contributed by atoms with Crippen molar-refractivity contribution in [3.63, 3.8) is 0 Å². The Hall–Kier alpha value is -3.32. The van der Waals surface area contributed by atoms with Gasteiger partial charge in [0.25, 0.3) is 5.56 Å². The van der Waals surface area contributed by atoms with Crippen LogP contribution in [0.1, 0.15) is 47.5 Å². The Morgan fingerprint density at radius 3 is 2.66 bits per heavy atom. The third-order valence-corrected chi connectivity index (χ3v) is 9.15. The van der Waals surface area contributed by atoms with E-state index < -0.39 is 23.3 Å². The fourth-order valence-corrected chi connectivity index (χ4v) is 6.59. The number of thiophene rings is 1. The number of fused-ring (bicyclic) bond motifs is 1. The number of para-hydroxylation sites is 1. The molecule has 1 atom stereocenters. The summed E-state index contributed by atoms with van der Waals surface area (Å²) in [6.45, 7) is 4.98. The highest BCUT2D eigenvalue weighted by atomic mass is 79.9. The summed E-state index contributed by atoms with van der Waals surface area (Å²) in [4.78, 5) is 45.3. The highest BCUT2D eigenvalue weighted by molar-refractivity contribution is 9.11. The molecule has 0 amide bonds. The third-order valence-electron chi connectivity index (χ3n) is 6.96. The average molecular weight is 645 g/mol. The Labute approximate surface area is 248 Å². The van der Waals surface area contributed by atoms with Crippen LogP contribution in [0.15, 0.2) is 55.8 Å². The van der Waals surface area contributed by atoms with Crippen LogP contribution < -0.4 is 16.0 Å². The number of methoxy groups -OCH3 is 1. The smallest absolute Gasteiger partial charge is 0.356 e. The van der Waals surface area contributed by atoms with E-state index in [-0.39, 0.29) is 30.8 Å². The first kappa shape index (κ1) is 29.2. The van der Waals surface area contributed by atoms with E-state index in [9.17, 15) is 14.4 Å². The monoisotopic (exact) mass is 643 g/mol. The topological polar surface area (TPSA) is 111 Å². The number of halogens is 1. The number of carbonyl (C=O) groups excluding carboxylic acids is 1. The normalized spacial score (nSPS) is 14.7. The Morgan fingerprint density at radius 1 is 1.17 bits per heavy atom. The molecule has 0 unspecified atom stereocenters. The van der Waals surface area contributed by atoms with Gasteiger partial charge >= 0.3 is 11.7 Å². The van der Waals surface area contributed by atoms with Crippen molar-refractivity contribution >= 4 is 43.5 Å². The largest absolute Gasteiger partial charge is 0.496 e. The molecule has 0 N–H and O–H groups in total. The van der Waals surface area contributed by atoms with Gasteiger partial charge in [-0.15, -0.1) is 11.3 Å². The number of ether oxygens (including phenoxy) is 4. The number of aromatic nitrogens is 3. The SMILES string of the molecule is CCOC(=O)c1cccc(-n2c(=O)c3c(C)c(Br)sc3n(C[C@H](OC3CCOCC3)c3ccccc3OC)c2=O)n1. The zero-order chi connectivity index (χ0) is 29.1. The number of nitrogens with zero attached hydrogens (tertiary/aromatic N) is 3. The lowest BCUT2D eigenvalue weighted by Crippen LogP contribution is -2.40. The van der Waals surface area contributed by atoms with Gasteiger partial charge in [-0.25, -0.2) is 19.1 Å². The lowest BCUT2D eigenvalue weighted by atomic mass is 10.1. The number of esters is 1. The van der Waals surface area contributed by atoms with Gasteiger partial charge in [0, 0.05) is 18.8 Å². The molecule has 1 fully saturated rings. The van der Waals surface area contributed by atoms with Crippen LogP contribution in [-0.2, 0) is 20.8 Å². The average Bonchev–Trinajstić information content (AvgIpc) is 3.29. The summed E-state index contributed by atoms with van der Waals surface area (Å²) in [6, 6.07) is 12.1. The van der Waals surface area contributed by atoms with Gasteiger partial charge in [0.05, 0.1) is 35.5 Å². The van der Waals surface area contributed by atoms with Crippen molar-refractivity contribution in [1.82, 2.24) is 14.1 Å². The molecule has 4 aromatic rings. The summed E-state index contributed by atoms with van der Waals surface area (Å²) in [5.41, 5.74) is 0.376. The van der Waals surface area contributed by atoms with E-state index in [1.54, 1.807) is 24.7 Å². The van der Waals surface area contributed by atoms with Gasteiger partial charge in [0.15, 0.2) is 5.69 Å². The molecule has 216 valence electrons. The van der Waals surface area contributed by atoms with Crippen LogP contribution in [0.4, 0.5) is 0 Å². The van der Waals surface area contributed by atoms with E-state index in [0.717, 1.165) is 26.8 Å². The van der Waals surface area contributed by atoms with Crippen molar-refractivity contribution in [2.45, 2.75) is 45.4 Å². The third kappa shape index (κ3) is 5.87. The second kappa shape index (κ2) is 12.7. The first-order valence-corrected chi connectivity index (χ1v) is 14.9. The molecule has 12 heteroatoms. The minimum atomic E-state index is -0.639. The predicted molar refractivity (Wildman–Crippen MR) is 159 cm³/mol. The summed E-state index contributed by atoms with van der Waals surface area (Å²) in [7, 11) is 1.59. The lowest BCUT2D eigenvalue weighted by Gasteiger charge is -2.29. The summed E-state index contributed by atoms with van der Waals surface area (Å²) in [5, 5.41) is 0.384. The first-order valence-electron chi connectivity index (χ1n) is 13.3. The summed E-state index contributed by atoms with van der Waals surface area (Å²) >= 11 is 4.87. The van der Waals surface area contributed by atoms with Gasteiger partial charge in [-0.05, 0) is 66.4 Å². The minimum absolute atomic E-state index is 0.000247. The fraction of sp³-hybridized carbons (Fsp3) is 0.379. The van der Waals surface area contributed by atoms with Gasteiger partial charge in [-0.2, -0.15) is 0 Å². The molecule has 1 saturated heterocycles. The summed E-state index contributed by atoms with van der Waals surface area (Å²) < 4.78 is 26.2. The summed E-state index contributed by atoms with van der Waals surface area (Å²) in [6.07, 6.45) is 0.810. The van der Waals surface area contributed by atoms with Crippen molar-refractivity contribution in [2.75, 3.05) is 26.9 Å². The van der Waals surface area contributed by atoms with Crippen LogP contribution in [0, 0.1) is 6.92 Å². The Morgan fingerprint density at radius 2 is 1.93 bits per heavy atom. The van der Waals surface area contributed by atoms with Crippen molar-refractivity contribution in [1.29, 1.82) is 0 Å². The minimum Gasteiger partial charge on any atom is -0.496 e. The molecule has 0 saturated carbocycles. The molecule has 0 bridgehead atoms. The molecule has 1 aromatic carbocycles. The van der Waals surface area contributed by atoms with Crippen LogP contribution in [0.25, 0.3) is 16.0 Å². The molecule has 4 heterocycles. The van der Waals surface area contributed by atoms with Gasteiger partial charge in [0.1, 0.15) is 22.5 Å². The standard InChI is InChI=1S/C29H30BrN3O7S/c1-4-39-28(35)20-9-7-11-23(31-20)33-26(34)24-17(2)25(30)41-27(24)32(29(33)36)16-22(40-18-12-14-38-15-13-18)19-8-5-6-10-21(19)37-3/h5-11,18,22H,4,12-16H2,1-3H3/t22-/m0/s1. The van der Waals surface area contributed by atoms with Crippen LogP contribution in [0.5, 0.6) is 5.75 Å². The quantitative estimate of drug-likeness (QED) is 0.239. The Bertz CT molecular complexity index is 1690. The highest BCUT2D eigenvalue weighted by Crippen LogP contribution is 2.35. The fourth-order valence-electron chi connectivity index (χ4n) is 4.91. The molecule has 41 heavy (non-hydrogen) atoms. The Kier molecular flexibility index (Phi) is 9.03. The molecule has 1 aliphatic rings. The highest BCUT2D eigenvalue weighted by Gasteiger charge is 2.28. The van der Waals surface area contributed by atoms with Crippen LogP contribution >= 0.6 is 27.3 Å². The molecular formula is C29H30BrN3O7S. The van der Waals surface area contributed by atoms with E-state index in [2.05, 4.69) is 20.9 Å². The van der Waals surface area contributed by atoms with Gasteiger partial charge in [-0.1, -0.05) is 24.3 Å². The van der Waals surface area contributed by atoms with Crippen molar-refractivity contribution in [2.24, 2.45) is 0 Å².